The summed E-state index contributed by atoms with van der Waals surface area (Å²) in [5.41, 5.74) is 0. The summed E-state index contributed by atoms with van der Waals surface area (Å²) in [6, 6.07) is 0. The maximum atomic E-state index is 13.1. The molecule has 0 saturated carbocycles. The minimum atomic E-state index is -4.96. The van der Waals surface area contributed by atoms with Crippen molar-refractivity contribution >= 4 is 39.5 Å². The van der Waals surface area contributed by atoms with Crippen LogP contribution in [0.15, 0.2) is 0 Å². The van der Waals surface area contributed by atoms with Crippen LogP contribution < -0.4 is 0 Å². The Morgan fingerprint density at radius 2 is 0.511 bits per heavy atom. The average Bonchev–Trinajstić information content (AvgIpc) is 2.40. The zero-order valence-corrected chi connectivity index (χ0v) is 63.4. The van der Waals surface area contributed by atoms with E-state index in [-0.39, 0.29) is 25.7 Å². The number of carbonyl (C=O) groups excluding carboxylic acids is 4. The number of aliphatic hydroxyl groups excluding tert-OH is 1. The minimum absolute atomic E-state index is 0.105. The van der Waals surface area contributed by atoms with E-state index in [9.17, 15) is 43.2 Å². The highest BCUT2D eigenvalue weighted by molar-refractivity contribution is 7.47. The number of phosphoric acid groups is 2. The van der Waals surface area contributed by atoms with Gasteiger partial charge >= 0.3 is 39.5 Å². The van der Waals surface area contributed by atoms with Crippen molar-refractivity contribution in [1.29, 1.82) is 0 Å². The van der Waals surface area contributed by atoms with Crippen LogP contribution in [0.3, 0.4) is 0 Å². The molecule has 3 N–H and O–H groups in total. The number of carbonyl (C=O) groups is 4. The Kier molecular flexibility index (Phi) is 63.1. The fourth-order valence-electron chi connectivity index (χ4n) is 11.3. The Morgan fingerprint density at radius 1 is 0.298 bits per heavy atom. The molecule has 0 aromatic rings. The second kappa shape index (κ2) is 64.4. The van der Waals surface area contributed by atoms with Crippen molar-refractivity contribution in [3.05, 3.63) is 0 Å². The first-order valence-corrected chi connectivity index (χ1v) is 41.7. The highest BCUT2D eigenvalue weighted by atomic mass is 31.2. The average molecular weight is 1380 g/mol. The molecule has 3 unspecified atom stereocenters. The highest BCUT2D eigenvalue weighted by Crippen LogP contribution is 2.45. The lowest BCUT2D eigenvalue weighted by molar-refractivity contribution is -0.161. The number of hydrogen-bond acceptors (Lipinski definition) is 15. The van der Waals surface area contributed by atoms with Crippen LogP contribution in [0.5, 0.6) is 0 Å². The molecule has 0 aliphatic heterocycles. The van der Waals surface area contributed by atoms with Crippen molar-refractivity contribution in [3.8, 4) is 0 Å². The third-order valence-electron chi connectivity index (χ3n) is 17.7. The Balaban J connectivity index is 5.18. The largest absolute Gasteiger partial charge is 0.472 e. The van der Waals surface area contributed by atoms with E-state index in [0.717, 1.165) is 120 Å². The van der Waals surface area contributed by atoms with Crippen molar-refractivity contribution in [2.24, 2.45) is 23.7 Å². The van der Waals surface area contributed by atoms with Crippen molar-refractivity contribution in [1.82, 2.24) is 0 Å². The predicted molar refractivity (Wildman–Crippen MR) is 381 cm³/mol. The van der Waals surface area contributed by atoms with Gasteiger partial charge in [-0.15, -0.1) is 0 Å². The smallest absolute Gasteiger partial charge is 0.462 e. The van der Waals surface area contributed by atoms with E-state index < -0.39 is 97.5 Å². The third-order valence-corrected chi connectivity index (χ3v) is 19.6. The molecule has 0 fully saturated rings. The first kappa shape index (κ1) is 92.1. The standard InChI is InChI=1S/C75H146O17P2/c1-9-68(8)54-46-38-33-34-40-48-56-73(78)86-62-71(92-75(80)58-50-42-31-25-21-20-23-28-36-44-52-66(4)5)64-90-94(83,84)88-60-69(76)59-87-93(81,82)89-63-70(61-85-72(77)55-47-39-32-26-29-37-45-53-67(6)7)91-74(79)57-49-41-30-24-19-17-15-13-11-10-12-14-16-18-22-27-35-43-51-65(2)3/h65-71,76H,9-64H2,1-8H3,(H,81,82)(H,83,84)/t68?,69-,70-,71-/m1/s1. The lowest BCUT2D eigenvalue weighted by Gasteiger charge is -2.21. The molecule has 0 spiro atoms. The van der Waals surface area contributed by atoms with Gasteiger partial charge in [0.15, 0.2) is 12.2 Å². The van der Waals surface area contributed by atoms with Crippen molar-refractivity contribution in [2.45, 2.75) is 395 Å². The van der Waals surface area contributed by atoms with Gasteiger partial charge in [0.1, 0.15) is 19.3 Å². The summed E-state index contributed by atoms with van der Waals surface area (Å²) in [6.45, 7) is 14.1. The van der Waals surface area contributed by atoms with E-state index in [4.69, 9.17) is 37.0 Å². The first-order chi connectivity index (χ1) is 45.1. The number of hydrogen-bond donors (Lipinski definition) is 3. The zero-order valence-electron chi connectivity index (χ0n) is 61.6. The van der Waals surface area contributed by atoms with Crippen molar-refractivity contribution < 1.29 is 80.2 Å². The van der Waals surface area contributed by atoms with Gasteiger partial charge in [0, 0.05) is 25.7 Å². The van der Waals surface area contributed by atoms with Crippen LogP contribution >= 0.6 is 15.6 Å². The van der Waals surface area contributed by atoms with Gasteiger partial charge in [-0.1, -0.05) is 325 Å². The molecule has 0 heterocycles. The predicted octanol–water partition coefficient (Wildman–Crippen LogP) is 21.7. The molecule has 0 aliphatic rings. The SMILES string of the molecule is CCC(C)CCCCCCCCC(=O)OC[C@H](COP(=O)(O)OC[C@H](O)COP(=O)(O)OC[C@@H](COC(=O)CCCCCCCCCC(C)C)OC(=O)CCCCCCCCCCCCCCCCCCCCC(C)C)OC(=O)CCCCCCCCCCCCC(C)C. The molecule has 0 aromatic carbocycles. The number of phosphoric ester groups is 2. The summed E-state index contributed by atoms with van der Waals surface area (Å²) in [4.78, 5) is 72.7. The van der Waals surface area contributed by atoms with Crippen LogP contribution in [-0.2, 0) is 65.4 Å². The molecule has 6 atom stereocenters. The number of aliphatic hydroxyl groups is 1. The molecule has 17 nitrogen and oxygen atoms in total. The first-order valence-electron chi connectivity index (χ1n) is 38.7. The maximum Gasteiger partial charge on any atom is 0.472 e. The Hall–Kier alpha value is -1.94. The highest BCUT2D eigenvalue weighted by Gasteiger charge is 2.30. The normalized spacial score (nSPS) is 14.4. The van der Waals surface area contributed by atoms with Crippen LogP contribution in [0.25, 0.3) is 0 Å². The second-order valence-electron chi connectivity index (χ2n) is 28.7. The summed E-state index contributed by atoms with van der Waals surface area (Å²) in [6.07, 6.45) is 48.8. The Morgan fingerprint density at radius 3 is 0.755 bits per heavy atom. The van der Waals surface area contributed by atoms with Gasteiger partial charge in [0.25, 0.3) is 0 Å². The van der Waals surface area contributed by atoms with Gasteiger partial charge in [-0.25, -0.2) is 9.13 Å². The van der Waals surface area contributed by atoms with Crippen LogP contribution in [-0.4, -0.2) is 96.7 Å². The second-order valence-corrected chi connectivity index (χ2v) is 31.6. The fraction of sp³-hybridized carbons (Fsp3) is 0.947. The van der Waals surface area contributed by atoms with Crippen LogP contribution in [0.2, 0.25) is 0 Å². The number of unbranched alkanes of at least 4 members (excludes halogenated alkanes) is 37. The molecule has 0 bridgehead atoms. The van der Waals surface area contributed by atoms with E-state index in [1.54, 1.807) is 0 Å². The van der Waals surface area contributed by atoms with Gasteiger partial charge in [0.05, 0.1) is 26.4 Å². The number of esters is 4. The number of ether oxygens (including phenoxy) is 4. The number of rotatable bonds is 72. The topological polar surface area (TPSA) is 237 Å². The lowest BCUT2D eigenvalue weighted by atomic mass is 10.00. The quantitative estimate of drug-likeness (QED) is 0.0222. The maximum absolute atomic E-state index is 13.1. The van der Waals surface area contributed by atoms with Crippen LogP contribution in [0, 0.1) is 23.7 Å². The summed E-state index contributed by atoms with van der Waals surface area (Å²) in [7, 11) is -9.91. The third kappa shape index (κ3) is 67.3. The van der Waals surface area contributed by atoms with E-state index in [2.05, 4.69) is 55.4 Å². The van der Waals surface area contributed by atoms with Gasteiger partial charge in [0.2, 0.25) is 0 Å². The van der Waals surface area contributed by atoms with Gasteiger partial charge in [-0.2, -0.15) is 0 Å². The van der Waals surface area contributed by atoms with Crippen LogP contribution in [0.1, 0.15) is 376 Å². The van der Waals surface area contributed by atoms with Gasteiger partial charge in [-0.3, -0.25) is 37.3 Å². The molecule has 19 heteroatoms. The Bertz CT molecular complexity index is 1850. The molecular weight excluding hydrogens is 1230 g/mol. The van der Waals surface area contributed by atoms with Gasteiger partial charge in [-0.05, 0) is 49.4 Å². The minimum Gasteiger partial charge on any atom is -0.462 e. The molecule has 94 heavy (non-hydrogen) atoms. The molecule has 558 valence electrons. The molecular formula is C75H146O17P2. The summed E-state index contributed by atoms with van der Waals surface area (Å²) in [5, 5.41) is 10.6. The molecule has 0 aliphatic carbocycles. The van der Waals surface area contributed by atoms with E-state index in [1.807, 2.05) is 0 Å². The zero-order chi connectivity index (χ0) is 69.6. The lowest BCUT2D eigenvalue weighted by Crippen LogP contribution is -2.30. The van der Waals surface area contributed by atoms with Crippen LogP contribution in [0.4, 0.5) is 0 Å². The van der Waals surface area contributed by atoms with E-state index >= 15 is 0 Å². The van der Waals surface area contributed by atoms with Crippen molar-refractivity contribution in [3.63, 3.8) is 0 Å². The summed E-state index contributed by atoms with van der Waals surface area (Å²) >= 11 is 0. The van der Waals surface area contributed by atoms with E-state index in [1.165, 1.54) is 167 Å². The fourth-order valence-corrected chi connectivity index (χ4v) is 12.9. The molecule has 0 radical (unpaired) electrons. The van der Waals surface area contributed by atoms with Gasteiger partial charge < -0.3 is 33.8 Å². The van der Waals surface area contributed by atoms with E-state index in [0.29, 0.717) is 31.6 Å². The van der Waals surface area contributed by atoms with Crippen molar-refractivity contribution in [2.75, 3.05) is 39.6 Å². The molecule has 0 aromatic heterocycles. The monoisotopic (exact) mass is 1380 g/mol. The molecule has 0 saturated heterocycles. The molecule has 0 amide bonds. The summed E-state index contributed by atoms with van der Waals surface area (Å²) < 4.78 is 68.4. The Labute approximate surface area is 575 Å². The summed E-state index contributed by atoms with van der Waals surface area (Å²) in [5.74, 6) is 0.883. The molecule has 0 rings (SSSR count).